The molecule has 21 heavy (non-hydrogen) atoms. The Balaban J connectivity index is 2.00. The summed E-state index contributed by atoms with van der Waals surface area (Å²) >= 11 is 5.89. The van der Waals surface area contributed by atoms with E-state index < -0.39 is 15.7 Å². The molecule has 0 unspecified atom stereocenters. The minimum Gasteiger partial charge on any atom is -0.339 e. The number of nitrogens with zero attached hydrogens (tertiary/aromatic N) is 1. The van der Waals surface area contributed by atoms with Gasteiger partial charge in [-0.25, -0.2) is 12.8 Å². The first-order chi connectivity index (χ1) is 9.76. The largest absolute Gasteiger partial charge is 0.339 e. The SMILES string of the molecule is CS(=O)(=O)CC1CCN(C(=O)c2ccc(F)cc2Cl)CC1. The van der Waals surface area contributed by atoms with Crippen molar-refractivity contribution in [2.45, 2.75) is 12.8 Å². The zero-order valence-corrected chi connectivity index (χ0v) is 13.3. The van der Waals surface area contributed by atoms with Crippen molar-refractivity contribution in [2.24, 2.45) is 5.92 Å². The van der Waals surface area contributed by atoms with Crippen molar-refractivity contribution in [3.8, 4) is 0 Å². The lowest BCUT2D eigenvalue weighted by atomic mass is 9.98. The molecule has 0 bridgehead atoms. The second-order valence-corrected chi connectivity index (χ2v) is 8.04. The number of rotatable bonds is 3. The highest BCUT2D eigenvalue weighted by Gasteiger charge is 2.26. The Bertz CT molecular complexity index is 640. The molecule has 0 N–H and O–H groups in total. The van der Waals surface area contributed by atoms with E-state index in [2.05, 4.69) is 0 Å². The maximum Gasteiger partial charge on any atom is 0.255 e. The van der Waals surface area contributed by atoms with Crippen LogP contribution >= 0.6 is 11.6 Å². The average molecular weight is 334 g/mol. The number of amides is 1. The third-order valence-corrected chi connectivity index (χ3v) is 4.99. The van der Waals surface area contributed by atoms with Crippen LogP contribution in [0.1, 0.15) is 23.2 Å². The fourth-order valence-corrected chi connectivity index (χ4v) is 4.00. The predicted octanol–water partition coefficient (Wildman–Crippen LogP) is 2.38. The Morgan fingerprint density at radius 3 is 2.52 bits per heavy atom. The van der Waals surface area contributed by atoms with Gasteiger partial charge in [0.2, 0.25) is 0 Å². The number of sulfone groups is 1. The lowest BCUT2D eigenvalue weighted by Crippen LogP contribution is -2.40. The van der Waals surface area contributed by atoms with Crippen LogP contribution in [-0.4, -0.2) is 44.3 Å². The summed E-state index contributed by atoms with van der Waals surface area (Å²) in [6, 6.07) is 3.70. The number of hydrogen-bond acceptors (Lipinski definition) is 3. The van der Waals surface area contributed by atoms with Gasteiger partial charge in [0.05, 0.1) is 16.3 Å². The van der Waals surface area contributed by atoms with Crippen molar-refractivity contribution in [1.29, 1.82) is 0 Å². The van der Waals surface area contributed by atoms with Crippen molar-refractivity contribution in [3.05, 3.63) is 34.6 Å². The summed E-state index contributed by atoms with van der Waals surface area (Å²) in [5.41, 5.74) is 0.277. The maximum atomic E-state index is 13.0. The summed E-state index contributed by atoms with van der Waals surface area (Å²) in [7, 11) is -2.99. The molecular formula is C14H17ClFNO3S. The highest BCUT2D eigenvalue weighted by Crippen LogP contribution is 2.23. The molecule has 1 saturated heterocycles. The van der Waals surface area contributed by atoms with E-state index >= 15 is 0 Å². The Kier molecular flexibility index (Phi) is 4.88. The van der Waals surface area contributed by atoms with Crippen LogP contribution in [0, 0.1) is 11.7 Å². The molecule has 4 nitrogen and oxygen atoms in total. The van der Waals surface area contributed by atoms with Crippen LogP contribution < -0.4 is 0 Å². The third kappa shape index (κ3) is 4.41. The van der Waals surface area contributed by atoms with Crippen molar-refractivity contribution in [1.82, 2.24) is 4.90 Å². The van der Waals surface area contributed by atoms with Crippen LogP contribution in [0.2, 0.25) is 5.02 Å². The Labute approximate surface area is 128 Å². The van der Waals surface area contributed by atoms with Crippen molar-refractivity contribution in [2.75, 3.05) is 25.1 Å². The van der Waals surface area contributed by atoms with Crippen molar-refractivity contribution >= 4 is 27.3 Å². The molecule has 0 aromatic heterocycles. The van der Waals surface area contributed by atoms with E-state index in [0.717, 1.165) is 6.07 Å². The first-order valence-electron chi connectivity index (χ1n) is 6.68. The highest BCUT2D eigenvalue weighted by atomic mass is 35.5. The van der Waals surface area contributed by atoms with E-state index in [4.69, 9.17) is 11.6 Å². The van der Waals surface area contributed by atoms with Crippen LogP contribution in [0.4, 0.5) is 4.39 Å². The van der Waals surface area contributed by atoms with E-state index in [9.17, 15) is 17.6 Å². The summed E-state index contributed by atoms with van der Waals surface area (Å²) in [5, 5.41) is 0.0956. The highest BCUT2D eigenvalue weighted by molar-refractivity contribution is 7.90. The minimum absolute atomic E-state index is 0.0905. The fourth-order valence-electron chi connectivity index (χ4n) is 2.56. The molecule has 0 radical (unpaired) electrons. The lowest BCUT2D eigenvalue weighted by Gasteiger charge is -2.31. The van der Waals surface area contributed by atoms with E-state index in [1.807, 2.05) is 0 Å². The summed E-state index contributed by atoms with van der Waals surface area (Å²) in [6.45, 7) is 0.986. The molecule has 1 aromatic rings. The summed E-state index contributed by atoms with van der Waals surface area (Å²) in [5.74, 6) is -0.472. The van der Waals surface area contributed by atoms with Crippen LogP contribution in [0.5, 0.6) is 0 Å². The van der Waals surface area contributed by atoms with Crippen LogP contribution in [0.15, 0.2) is 18.2 Å². The van der Waals surface area contributed by atoms with Gasteiger partial charge in [0.1, 0.15) is 15.7 Å². The Morgan fingerprint density at radius 1 is 1.38 bits per heavy atom. The molecule has 1 aliphatic heterocycles. The first-order valence-corrected chi connectivity index (χ1v) is 9.12. The molecule has 0 saturated carbocycles. The van der Waals surface area contributed by atoms with Crippen LogP contribution in [0.25, 0.3) is 0 Å². The van der Waals surface area contributed by atoms with E-state index in [1.165, 1.54) is 18.4 Å². The second kappa shape index (κ2) is 6.32. The number of piperidine rings is 1. The number of benzene rings is 1. The van der Waals surface area contributed by atoms with E-state index in [0.29, 0.717) is 25.9 Å². The van der Waals surface area contributed by atoms with E-state index in [-0.39, 0.29) is 28.2 Å². The Hall–Kier alpha value is -1.14. The van der Waals surface area contributed by atoms with Gasteiger partial charge in [-0.05, 0) is 37.0 Å². The van der Waals surface area contributed by atoms with Crippen molar-refractivity contribution < 1.29 is 17.6 Å². The van der Waals surface area contributed by atoms with Gasteiger partial charge in [0, 0.05) is 19.3 Å². The van der Waals surface area contributed by atoms with Crippen molar-refractivity contribution in [3.63, 3.8) is 0 Å². The number of carbonyl (C=O) groups is 1. The molecule has 1 amide bonds. The zero-order chi connectivity index (χ0) is 15.6. The van der Waals surface area contributed by atoms with Gasteiger partial charge in [0.25, 0.3) is 5.91 Å². The molecule has 0 spiro atoms. The summed E-state index contributed by atoms with van der Waals surface area (Å²) in [4.78, 5) is 14.0. The van der Waals surface area contributed by atoms with Gasteiger partial charge in [-0.3, -0.25) is 4.79 Å². The predicted molar refractivity (Wildman–Crippen MR) is 79.7 cm³/mol. The smallest absolute Gasteiger partial charge is 0.255 e. The first kappa shape index (κ1) is 16.2. The van der Waals surface area contributed by atoms with Gasteiger partial charge in [-0.1, -0.05) is 11.6 Å². The van der Waals surface area contributed by atoms with Gasteiger partial charge in [0.15, 0.2) is 0 Å². The molecule has 1 aromatic carbocycles. The Morgan fingerprint density at radius 2 is 2.00 bits per heavy atom. The molecular weight excluding hydrogens is 317 g/mol. The average Bonchev–Trinajstić information content (AvgIpc) is 2.37. The summed E-state index contributed by atoms with van der Waals surface area (Å²) in [6.07, 6.45) is 2.53. The van der Waals surface area contributed by atoms with Crippen LogP contribution in [-0.2, 0) is 9.84 Å². The van der Waals surface area contributed by atoms with Crippen LogP contribution in [0.3, 0.4) is 0 Å². The number of hydrogen-bond donors (Lipinski definition) is 0. The molecule has 0 atom stereocenters. The molecule has 1 aliphatic rings. The molecule has 1 fully saturated rings. The number of carbonyl (C=O) groups excluding carboxylic acids is 1. The quantitative estimate of drug-likeness (QED) is 0.853. The molecule has 116 valence electrons. The van der Waals surface area contributed by atoms with Gasteiger partial charge < -0.3 is 4.90 Å². The van der Waals surface area contributed by atoms with Gasteiger partial charge in [-0.2, -0.15) is 0 Å². The summed E-state index contributed by atoms with van der Waals surface area (Å²) < 4.78 is 35.6. The molecule has 2 rings (SSSR count). The monoisotopic (exact) mass is 333 g/mol. The normalized spacial score (nSPS) is 17.0. The topological polar surface area (TPSA) is 54.5 Å². The number of likely N-dealkylation sites (tertiary alicyclic amines) is 1. The number of halogens is 2. The lowest BCUT2D eigenvalue weighted by molar-refractivity contribution is 0.0698. The second-order valence-electron chi connectivity index (χ2n) is 5.45. The minimum atomic E-state index is -2.99. The molecule has 0 aliphatic carbocycles. The van der Waals surface area contributed by atoms with Gasteiger partial charge >= 0.3 is 0 Å². The zero-order valence-electron chi connectivity index (χ0n) is 11.7. The molecule has 7 heteroatoms. The third-order valence-electron chi connectivity index (χ3n) is 3.60. The maximum absolute atomic E-state index is 13.0. The standard InChI is InChI=1S/C14H17ClFNO3S/c1-21(19,20)9-10-4-6-17(7-5-10)14(18)12-3-2-11(16)8-13(12)15/h2-3,8,10H,4-7,9H2,1H3. The fraction of sp³-hybridized carbons (Fsp3) is 0.500. The molecule has 1 heterocycles. The van der Waals surface area contributed by atoms with E-state index in [1.54, 1.807) is 4.90 Å². The van der Waals surface area contributed by atoms with Gasteiger partial charge in [-0.15, -0.1) is 0 Å².